The molecule has 0 amide bonds. The van der Waals surface area contributed by atoms with Gasteiger partial charge in [-0.15, -0.1) is 0 Å². The van der Waals surface area contributed by atoms with Crippen molar-refractivity contribution in [1.82, 2.24) is 0 Å². The molecule has 0 rings (SSSR count). The van der Waals surface area contributed by atoms with Crippen molar-refractivity contribution in [2.75, 3.05) is 13.4 Å². The summed E-state index contributed by atoms with van der Waals surface area (Å²) in [5, 5.41) is 0. The van der Waals surface area contributed by atoms with Crippen LogP contribution in [0.4, 0.5) is 0 Å². The summed E-state index contributed by atoms with van der Waals surface area (Å²) in [6.45, 7) is 1.54. The van der Waals surface area contributed by atoms with Crippen molar-refractivity contribution in [2.24, 2.45) is 0 Å². The molecule has 0 bridgehead atoms. The van der Waals surface area contributed by atoms with Crippen LogP contribution in [0.1, 0.15) is 58.3 Å². The van der Waals surface area contributed by atoms with Gasteiger partial charge in [0.25, 0.3) is 0 Å². The van der Waals surface area contributed by atoms with Gasteiger partial charge in [-0.2, -0.15) is 0 Å². The Morgan fingerprint density at radius 2 is 1.46 bits per heavy atom. The molecule has 0 saturated carbocycles. The van der Waals surface area contributed by atoms with Gasteiger partial charge in [-0.1, -0.05) is 26.2 Å². The summed E-state index contributed by atoms with van der Waals surface area (Å²) < 4.78 is 23.6. The third-order valence-corrected chi connectivity index (χ3v) is 3.36. The zero-order valence-corrected chi connectivity index (χ0v) is 14.7. The average molecular weight is 368 g/mol. The molecule has 0 radical (unpaired) electrons. The molecular weight excluding hydrogens is 343 g/mol. The van der Waals surface area contributed by atoms with Gasteiger partial charge in [0.05, 0.1) is 19.4 Å². The minimum atomic E-state index is -4.69. The number of Topliss-reactive ketones (excluding diaryl/α,β-unsaturated/α-hetero) is 1. The fourth-order valence-corrected chi connectivity index (χ4v) is 1.82. The van der Waals surface area contributed by atoms with Crippen LogP contribution in [-0.4, -0.2) is 40.9 Å². The predicted octanol–water partition coefficient (Wildman–Crippen LogP) is 1.85. The Labute approximate surface area is 140 Å². The minimum Gasteiger partial charge on any atom is -0.466 e. The van der Waals surface area contributed by atoms with E-state index in [9.17, 15) is 18.9 Å². The van der Waals surface area contributed by atoms with Gasteiger partial charge < -0.3 is 19.3 Å². The fourth-order valence-electron chi connectivity index (χ4n) is 1.63. The lowest BCUT2D eigenvalue weighted by Gasteiger charge is -2.06. The summed E-state index contributed by atoms with van der Waals surface area (Å²) in [7, 11) is -4.69. The van der Waals surface area contributed by atoms with Gasteiger partial charge in [0.1, 0.15) is 5.78 Å². The summed E-state index contributed by atoms with van der Waals surface area (Å²) >= 11 is 0. The number of carbonyl (C=O) groups is 3. The number of ether oxygens (including phenoxy) is 2. The van der Waals surface area contributed by atoms with Crippen molar-refractivity contribution in [1.29, 1.82) is 0 Å². The molecule has 0 unspecified atom stereocenters. The van der Waals surface area contributed by atoms with Crippen LogP contribution in [0, 0.1) is 0 Å². The number of phosphoric ester groups is 1. The first-order chi connectivity index (χ1) is 11.2. The average Bonchev–Trinajstić information content (AvgIpc) is 2.49. The molecule has 24 heavy (non-hydrogen) atoms. The Hall–Kier alpha value is -1.28. The van der Waals surface area contributed by atoms with Crippen molar-refractivity contribution >= 4 is 25.5 Å². The third kappa shape index (κ3) is 15.6. The van der Waals surface area contributed by atoms with E-state index in [1.807, 2.05) is 0 Å². The maximum atomic E-state index is 11.5. The van der Waals surface area contributed by atoms with Crippen LogP contribution >= 0.6 is 7.82 Å². The van der Waals surface area contributed by atoms with E-state index in [0.717, 1.165) is 25.7 Å². The lowest BCUT2D eigenvalue weighted by Crippen LogP contribution is -2.12. The maximum Gasteiger partial charge on any atom is 0.472 e. The van der Waals surface area contributed by atoms with Crippen molar-refractivity contribution in [2.45, 2.75) is 58.3 Å². The number of hydrogen-bond donors (Lipinski definition) is 2. The molecule has 0 atom stereocenters. The minimum absolute atomic E-state index is 0.0277. The lowest BCUT2D eigenvalue weighted by atomic mass is 10.1. The fraction of sp³-hybridized carbons (Fsp3) is 0.786. The number of carbonyl (C=O) groups excluding carboxylic acids is 3. The summed E-state index contributed by atoms with van der Waals surface area (Å²) in [6.07, 6.45) is 3.53. The highest BCUT2D eigenvalue weighted by Gasteiger charge is 2.15. The molecule has 9 nitrogen and oxygen atoms in total. The van der Waals surface area contributed by atoms with E-state index in [2.05, 4.69) is 16.2 Å². The molecule has 10 heteroatoms. The molecule has 0 aromatic heterocycles. The highest BCUT2D eigenvalue weighted by molar-refractivity contribution is 7.46. The number of ketones is 1. The SMILES string of the molecule is CCCCCCOC(=O)CCC(=O)CCC(=O)OCOP(=O)(O)O. The normalized spacial score (nSPS) is 11.1. The van der Waals surface area contributed by atoms with Crippen LogP contribution in [0.25, 0.3) is 0 Å². The zero-order valence-electron chi connectivity index (χ0n) is 13.8. The monoisotopic (exact) mass is 368 g/mol. The van der Waals surface area contributed by atoms with Crippen LogP contribution in [0.3, 0.4) is 0 Å². The smallest absolute Gasteiger partial charge is 0.466 e. The van der Waals surface area contributed by atoms with Crippen LogP contribution in [-0.2, 0) is 32.9 Å². The number of rotatable bonds is 14. The quantitative estimate of drug-likeness (QED) is 0.204. The Morgan fingerprint density at radius 1 is 0.875 bits per heavy atom. The first-order valence-electron chi connectivity index (χ1n) is 7.77. The number of unbranched alkanes of at least 4 members (excludes halogenated alkanes) is 3. The molecule has 0 spiro atoms. The Balaban J connectivity index is 3.66. The van der Waals surface area contributed by atoms with Gasteiger partial charge in [0.15, 0.2) is 0 Å². The molecule has 0 aliphatic heterocycles. The van der Waals surface area contributed by atoms with E-state index in [-0.39, 0.29) is 31.5 Å². The molecule has 0 aromatic carbocycles. The van der Waals surface area contributed by atoms with Gasteiger partial charge in [0, 0.05) is 12.8 Å². The molecule has 0 aliphatic rings. The van der Waals surface area contributed by atoms with Crippen LogP contribution in [0.15, 0.2) is 0 Å². The molecular formula is C14H25O9P. The first-order valence-corrected chi connectivity index (χ1v) is 9.30. The van der Waals surface area contributed by atoms with Gasteiger partial charge in [-0.3, -0.25) is 14.4 Å². The number of phosphoric acid groups is 1. The van der Waals surface area contributed by atoms with E-state index in [0.29, 0.717) is 6.61 Å². The van der Waals surface area contributed by atoms with Gasteiger partial charge in [0.2, 0.25) is 6.79 Å². The summed E-state index contributed by atoms with van der Waals surface area (Å²) in [4.78, 5) is 50.9. The van der Waals surface area contributed by atoms with E-state index in [1.54, 1.807) is 0 Å². The summed E-state index contributed by atoms with van der Waals surface area (Å²) in [6, 6.07) is 0. The maximum absolute atomic E-state index is 11.5. The molecule has 0 fully saturated rings. The topological polar surface area (TPSA) is 136 Å². The van der Waals surface area contributed by atoms with Crippen molar-refractivity contribution in [3.05, 3.63) is 0 Å². The second kappa shape index (κ2) is 13.1. The second-order valence-corrected chi connectivity index (χ2v) is 6.31. The summed E-state index contributed by atoms with van der Waals surface area (Å²) in [5.74, 6) is -1.57. The van der Waals surface area contributed by atoms with Crippen molar-refractivity contribution in [3.8, 4) is 0 Å². The third-order valence-electron chi connectivity index (χ3n) is 2.92. The standard InChI is InChI=1S/C14H25O9P/c1-2-3-4-5-10-21-13(16)8-6-12(15)7-9-14(17)22-11-23-24(18,19)20/h2-11H2,1H3,(H2,18,19,20). The summed E-state index contributed by atoms with van der Waals surface area (Å²) in [5.41, 5.74) is 0. The van der Waals surface area contributed by atoms with E-state index < -0.39 is 26.6 Å². The van der Waals surface area contributed by atoms with Gasteiger partial charge >= 0.3 is 19.8 Å². The Morgan fingerprint density at radius 3 is 2.00 bits per heavy atom. The van der Waals surface area contributed by atoms with E-state index >= 15 is 0 Å². The first kappa shape index (κ1) is 22.7. The molecule has 2 N–H and O–H groups in total. The molecule has 140 valence electrons. The van der Waals surface area contributed by atoms with Crippen LogP contribution in [0.2, 0.25) is 0 Å². The Kier molecular flexibility index (Phi) is 12.4. The highest BCUT2D eigenvalue weighted by atomic mass is 31.2. The second-order valence-electron chi connectivity index (χ2n) is 5.07. The van der Waals surface area contributed by atoms with Crippen LogP contribution in [0.5, 0.6) is 0 Å². The van der Waals surface area contributed by atoms with Crippen molar-refractivity contribution in [3.63, 3.8) is 0 Å². The lowest BCUT2D eigenvalue weighted by molar-refractivity contribution is -0.151. The van der Waals surface area contributed by atoms with Gasteiger partial charge in [-0.05, 0) is 6.42 Å². The number of esters is 2. The van der Waals surface area contributed by atoms with Crippen LogP contribution < -0.4 is 0 Å². The van der Waals surface area contributed by atoms with Gasteiger partial charge in [-0.25, -0.2) is 9.09 Å². The molecule has 0 heterocycles. The zero-order chi connectivity index (χ0) is 18.4. The molecule has 0 saturated heterocycles. The molecule has 0 aliphatic carbocycles. The number of hydrogen-bond acceptors (Lipinski definition) is 7. The van der Waals surface area contributed by atoms with Crippen molar-refractivity contribution < 1.29 is 42.7 Å². The van der Waals surface area contributed by atoms with E-state index in [1.165, 1.54) is 0 Å². The van der Waals surface area contributed by atoms with E-state index in [4.69, 9.17) is 14.5 Å². The predicted molar refractivity (Wildman–Crippen MR) is 82.7 cm³/mol. The highest BCUT2D eigenvalue weighted by Crippen LogP contribution is 2.35. The Bertz CT molecular complexity index is 444. The molecule has 0 aromatic rings. The largest absolute Gasteiger partial charge is 0.472 e.